The molecule has 1 aliphatic rings. The molecule has 0 aromatic carbocycles. The van der Waals surface area contributed by atoms with Gasteiger partial charge in [-0.25, -0.2) is 4.79 Å². The number of rotatable bonds is 1. The molecule has 0 aliphatic carbocycles. The van der Waals surface area contributed by atoms with Crippen molar-refractivity contribution in [2.75, 3.05) is 19.3 Å². The summed E-state index contributed by atoms with van der Waals surface area (Å²) < 4.78 is 1.69. The number of carbonyl (C=O) groups is 1. The molecule has 0 radical (unpaired) electrons. The van der Waals surface area contributed by atoms with Crippen LogP contribution in [0.3, 0.4) is 0 Å². The first-order chi connectivity index (χ1) is 3.84. The van der Waals surface area contributed by atoms with Crippen molar-refractivity contribution in [3.05, 3.63) is 0 Å². The van der Waals surface area contributed by atoms with E-state index in [2.05, 4.69) is 5.32 Å². The molecule has 0 unspecified atom stereocenters. The summed E-state index contributed by atoms with van der Waals surface area (Å²) >= 11 is 1.46. The van der Waals surface area contributed by atoms with Gasteiger partial charge in [-0.15, -0.1) is 0 Å². The molecule has 1 aliphatic heterocycles. The molecule has 4 heteroatoms. The molecular weight excluding hydrogens is 124 g/mol. The first kappa shape index (κ1) is 5.75. The Balaban J connectivity index is 2.42. The Kier molecular flexibility index (Phi) is 1.62. The van der Waals surface area contributed by atoms with E-state index in [1.807, 2.05) is 6.26 Å². The minimum absolute atomic E-state index is 0.0394. The highest BCUT2D eigenvalue weighted by Crippen LogP contribution is 2.07. The van der Waals surface area contributed by atoms with Crippen LogP contribution in [0.1, 0.15) is 0 Å². The standard InChI is InChI=1S/C4H8N2OS/c1-8-6-3-2-5-4(6)7/h2-3H2,1H3,(H,5,7). The van der Waals surface area contributed by atoms with Crippen molar-refractivity contribution in [2.45, 2.75) is 0 Å². The quantitative estimate of drug-likeness (QED) is 0.520. The minimum atomic E-state index is 0.0394. The maximum atomic E-state index is 10.6. The lowest BCUT2D eigenvalue weighted by Crippen LogP contribution is -2.21. The van der Waals surface area contributed by atoms with Gasteiger partial charge in [0.2, 0.25) is 0 Å². The molecule has 1 saturated heterocycles. The zero-order valence-corrected chi connectivity index (χ0v) is 5.49. The van der Waals surface area contributed by atoms with Gasteiger partial charge in [-0.3, -0.25) is 4.31 Å². The van der Waals surface area contributed by atoms with Gasteiger partial charge in [0.05, 0.1) is 6.54 Å². The summed E-state index contributed by atoms with van der Waals surface area (Å²) in [4.78, 5) is 10.6. The van der Waals surface area contributed by atoms with E-state index < -0.39 is 0 Å². The lowest BCUT2D eigenvalue weighted by molar-refractivity contribution is 0.238. The van der Waals surface area contributed by atoms with Crippen LogP contribution in [0, 0.1) is 0 Å². The summed E-state index contributed by atoms with van der Waals surface area (Å²) in [6.07, 6.45) is 1.89. The Labute approximate surface area is 52.6 Å². The van der Waals surface area contributed by atoms with Crippen LogP contribution >= 0.6 is 11.9 Å². The summed E-state index contributed by atoms with van der Waals surface area (Å²) in [5.41, 5.74) is 0. The SMILES string of the molecule is CSN1CCNC1=O. The van der Waals surface area contributed by atoms with Gasteiger partial charge in [-0.05, 0) is 11.9 Å². The van der Waals surface area contributed by atoms with Crippen molar-refractivity contribution in [1.82, 2.24) is 9.62 Å². The maximum absolute atomic E-state index is 10.6. The van der Waals surface area contributed by atoms with Gasteiger partial charge in [0.1, 0.15) is 0 Å². The monoisotopic (exact) mass is 132 g/mol. The summed E-state index contributed by atoms with van der Waals surface area (Å²) in [7, 11) is 0. The number of amides is 2. The predicted molar refractivity (Wildman–Crippen MR) is 33.6 cm³/mol. The molecule has 2 amide bonds. The number of urea groups is 1. The lowest BCUT2D eigenvalue weighted by Gasteiger charge is -2.06. The second-order valence-electron chi connectivity index (χ2n) is 1.52. The Morgan fingerprint density at radius 3 is 2.88 bits per heavy atom. The van der Waals surface area contributed by atoms with Crippen LogP contribution in [-0.2, 0) is 0 Å². The smallest absolute Gasteiger partial charge is 0.327 e. The van der Waals surface area contributed by atoms with Crippen molar-refractivity contribution in [1.29, 1.82) is 0 Å². The number of hydrogen-bond donors (Lipinski definition) is 1. The van der Waals surface area contributed by atoms with Crippen molar-refractivity contribution in [3.63, 3.8) is 0 Å². The molecule has 0 spiro atoms. The van der Waals surface area contributed by atoms with E-state index in [4.69, 9.17) is 0 Å². The van der Waals surface area contributed by atoms with Gasteiger partial charge in [-0.2, -0.15) is 0 Å². The summed E-state index contributed by atoms with van der Waals surface area (Å²) in [5.74, 6) is 0. The van der Waals surface area contributed by atoms with Crippen molar-refractivity contribution in [3.8, 4) is 0 Å². The molecule has 1 rings (SSSR count). The third-order valence-electron chi connectivity index (χ3n) is 1.04. The van der Waals surface area contributed by atoms with Gasteiger partial charge >= 0.3 is 6.03 Å². The number of nitrogens with one attached hydrogen (secondary N) is 1. The first-order valence-electron chi connectivity index (χ1n) is 2.44. The van der Waals surface area contributed by atoms with Gasteiger partial charge < -0.3 is 5.32 Å². The third-order valence-corrected chi connectivity index (χ3v) is 1.83. The molecule has 1 N–H and O–H groups in total. The van der Waals surface area contributed by atoms with E-state index in [1.165, 1.54) is 11.9 Å². The molecule has 1 heterocycles. The molecule has 0 atom stereocenters. The van der Waals surface area contributed by atoms with Gasteiger partial charge in [-0.1, -0.05) is 0 Å². The largest absolute Gasteiger partial charge is 0.335 e. The fraction of sp³-hybridized carbons (Fsp3) is 0.750. The molecule has 0 aromatic heterocycles. The highest BCUT2D eigenvalue weighted by molar-refractivity contribution is 7.96. The van der Waals surface area contributed by atoms with E-state index in [-0.39, 0.29) is 6.03 Å². The van der Waals surface area contributed by atoms with Crippen LogP contribution in [0.4, 0.5) is 4.79 Å². The molecule has 1 fully saturated rings. The van der Waals surface area contributed by atoms with E-state index in [0.29, 0.717) is 0 Å². The number of carbonyl (C=O) groups excluding carboxylic acids is 1. The summed E-state index contributed by atoms with van der Waals surface area (Å²) in [6.45, 7) is 1.62. The van der Waals surface area contributed by atoms with Gasteiger partial charge in [0, 0.05) is 12.8 Å². The fourth-order valence-electron chi connectivity index (χ4n) is 0.628. The molecule has 0 aromatic rings. The fourth-order valence-corrected chi connectivity index (χ4v) is 1.13. The Hall–Kier alpha value is -0.380. The van der Waals surface area contributed by atoms with Crippen LogP contribution in [0.25, 0.3) is 0 Å². The molecular formula is C4H8N2OS. The number of nitrogens with zero attached hydrogens (tertiary/aromatic N) is 1. The number of hydrogen-bond acceptors (Lipinski definition) is 2. The summed E-state index contributed by atoms with van der Waals surface area (Å²) in [6, 6.07) is 0.0394. The molecule has 0 saturated carbocycles. The molecule has 0 bridgehead atoms. The Bertz CT molecular complexity index is 106. The van der Waals surface area contributed by atoms with E-state index >= 15 is 0 Å². The average Bonchev–Trinajstić information content (AvgIpc) is 2.14. The van der Waals surface area contributed by atoms with Gasteiger partial charge in [0.25, 0.3) is 0 Å². The van der Waals surface area contributed by atoms with Crippen LogP contribution in [-0.4, -0.2) is 29.7 Å². The normalized spacial score (nSPS) is 19.1. The predicted octanol–water partition coefficient (Wildman–Crippen LogP) is 0.290. The van der Waals surface area contributed by atoms with Gasteiger partial charge in [0.15, 0.2) is 0 Å². The van der Waals surface area contributed by atoms with E-state index in [1.54, 1.807) is 4.31 Å². The zero-order chi connectivity index (χ0) is 5.98. The van der Waals surface area contributed by atoms with Crippen molar-refractivity contribution >= 4 is 18.0 Å². The second kappa shape index (κ2) is 2.26. The van der Waals surface area contributed by atoms with Crippen LogP contribution < -0.4 is 5.32 Å². The van der Waals surface area contributed by atoms with Crippen LogP contribution in [0.5, 0.6) is 0 Å². The van der Waals surface area contributed by atoms with E-state index in [9.17, 15) is 4.79 Å². The third kappa shape index (κ3) is 0.888. The Morgan fingerprint density at radius 2 is 2.62 bits per heavy atom. The average molecular weight is 132 g/mol. The molecule has 8 heavy (non-hydrogen) atoms. The van der Waals surface area contributed by atoms with E-state index in [0.717, 1.165) is 13.1 Å². The topological polar surface area (TPSA) is 32.3 Å². The Morgan fingerprint density at radius 1 is 1.88 bits per heavy atom. The van der Waals surface area contributed by atoms with Crippen LogP contribution in [0.2, 0.25) is 0 Å². The van der Waals surface area contributed by atoms with Crippen LogP contribution in [0.15, 0.2) is 0 Å². The first-order valence-corrected chi connectivity index (χ1v) is 3.62. The highest BCUT2D eigenvalue weighted by Gasteiger charge is 2.17. The summed E-state index contributed by atoms with van der Waals surface area (Å²) in [5, 5.41) is 2.69. The molecule has 46 valence electrons. The second-order valence-corrected chi connectivity index (χ2v) is 2.32. The molecule has 3 nitrogen and oxygen atoms in total. The van der Waals surface area contributed by atoms with Crippen molar-refractivity contribution < 1.29 is 4.79 Å². The highest BCUT2D eigenvalue weighted by atomic mass is 32.2. The zero-order valence-electron chi connectivity index (χ0n) is 4.68. The van der Waals surface area contributed by atoms with Crippen molar-refractivity contribution in [2.24, 2.45) is 0 Å². The maximum Gasteiger partial charge on any atom is 0.327 e. The lowest BCUT2D eigenvalue weighted by atomic mass is 10.7. The minimum Gasteiger partial charge on any atom is -0.335 e.